The summed E-state index contributed by atoms with van der Waals surface area (Å²) in [6, 6.07) is 17.3. The summed E-state index contributed by atoms with van der Waals surface area (Å²) in [5.74, 6) is 4.68. The van der Waals surface area contributed by atoms with Crippen LogP contribution >= 0.6 is 0 Å². The van der Waals surface area contributed by atoms with Crippen molar-refractivity contribution in [3.05, 3.63) is 59.7 Å². The van der Waals surface area contributed by atoms with E-state index in [9.17, 15) is 4.79 Å². The van der Waals surface area contributed by atoms with Gasteiger partial charge in [-0.3, -0.25) is 4.79 Å². The molecular formula is C32H34N2O3. The Hall–Kier alpha value is -3.05. The number of rotatable bonds is 3. The Labute approximate surface area is 218 Å². The van der Waals surface area contributed by atoms with E-state index in [1.807, 2.05) is 17.0 Å². The topological polar surface area (TPSA) is 50.8 Å². The number of nitrogens with zero attached hydrogens (tertiary/aromatic N) is 1. The summed E-state index contributed by atoms with van der Waals surface area (Å²) in [6.45, 7) is 3.59. The highest BCUT2D eigenvalue weighted by Crippen LogP contribution is 2.63. The second-order valence-electron chi connectivity index (χ2n) is 12.3. The molecule has 0 spiro atoms. The molecule has 5 nitrogen and oxygen atoms in total. The highest BCUT2D eigenvalue weighted by atomic mass is 16.7. The third kappa shape index (κ3) is 3.58. The van der Waals surface area contributed by atoms with Crippen LogP contribution in [0.25, 0.3) is 21.9 Å². The van der Waals surface area contributed by atoms with Gasteiger partial charge in [-0.2, -0.15) is 0 Å². The molecule has 0 aromatic heterocycles. The number of carbonyl (C=O) groups is 1. The minimum Gasteiger partial charge on any atom is -0.454 e. The largest absolute Gasteiger partial charge is 0.454 e. The van der Waals surface area contributed by atoms with E-state index in [1.54, 1.807) is 0 Å². The van der Waals surface area contributed by atoms with Gasteiger partial charge in [0.15, 0.2) is 11.5 Å². The minimum absolute atomic E-state index is 0.128. The van der Waals surface area contributed by atoms with Crippen molar-refractivity contribution in [1.82, 2.24) is 10.2 Å². The molecule has 4 bridgehead atoms. The summed E-state index contributed by atoms with van der Waals surface area (Å²) >= 11 is 0. The van der Waals surface area contributed by atoms with Gasteiger partial charge >= 0.3 is 0 Å². The molecule has 5 heteroatoms. The van der Waals surface area contributed by atoms with Crippen molar-refractivity contribution < 1.29 is 14.3 Å². The molecule has 3 aromatic rings. The van der Waals surface area contributed by atoms with Gasteiger partial charge in [0, 0.05) is 37.3 Å². The summed E-state index contributed by atoms with van der Waals surface area (Å²) in [6.07, 6.45) is 8.21. The Balaban J connectivity index is 1.16. The highest BCUT2D eigenvalue weighted by Gasteiger charge is 2.53. The van der Waals surface area contributed by atoms with Gasteiger partial charge in [0.25, 0.3) is 5.91 Å². The molecule has 0 radical (unpaired) electrons. The zero-order valence-corrected chi connectivity index (χ0v) is 21.3. The highest BCUT2D eigenvalue weighted by molar-refractivity contribution is 5.99. The number of hydrogen-bond acceptors (Lipinski definition) is 4. The van der Waals surface area contributed by atoms with Crippen LogP contribution in [0, 0.1) is 17.8 Å². The van der Waals surface area contributed by atoms with Crippen molar-refractivity contribution in [1.29, 1.82) is 0 Å². The average molecular weight is 495 g/mol. The van der Waals surface area contributed by atoms with Crippen molar-refractivity contribution in [2.45, 2.75) is 43.9 Å². The van der Waals surface area contributed by atoms with Gasteiger partial charge in [-0.15, -0.1) is 0 Å². The maximum absolute atomic E-state index is 13.0. The summed E-state index contributed by atoms with van der Waals surface area (Å²) in [7, 11) is 0. The van der Waals surface area contributed by atoms with Crippen molar-refractivity contribution in [2.75, 3.05) is 33.0 Å². The van der Waals surface area contributed by atoms with Crippen molar-refractivity contribution in [3.8, 4) is 22.6 Å². The molecule has 6 aliphatic rings. The predicted octanol–water partition coefficient (Wildman–Crippen LogP) is 5.75. The maximum atomic E-state index is 13.0. The van der Waals surface area contributed by atoms with Crippen LogP contribution in [0.15, 0.2) is 48.5 Å². The van der Waals surface area contributed by atoms with Crippen molar-refractivity contribution in [3.63, 3.8) is 0 Å². The van der Waals surface area contributed by atoms with E-state index in [0.29, 0.717) is 6.79 Å². The van der Waals surface area contributed by atoms with Crippen LogP contribution in [0.4, 0.5) is 0 Å². The van der Waals surface area contributed by atoms with E-state index >= 15 is 0 Å². The molecular weight excluding hydrogens is 460 g/mol. The van der Waals surface area contributed by atoms with E-state index in [4.69, 9.17) is 9.47 Å². The summed E-state index contributed by atoms with van der Waals surface area (Å²) < 4.78 is 12.1. The monoisotopic (exact) mass is 494 g/mol. The fraction of sp³-hybridized carbons (Fsp3) is 0.469. The molecule has 1 N–H and O–H groups in total. The normalized spacial score (nSPS) is 29.7. The van der Waals surface area contributed by atoms with Gasteiger partial charge in [-0.1, -0.05) is 18.2 Å². The van der Waals surface area contributed by atoms with Crippen LogP contribution in [0.1, 0.15) is 54.4 Å². The lowest BCUT2D eigenvalue weighted by molar-refractivity contribution is -0.00626. The number of fused-ring (bicyclic) bond motifs is 2. The lowest BCUT2D eigenvalue weighted by atomic mass is 9.48. The number of hydrogen-bond donors (Lipinski definition) is 1. The SMILES string of the molecule is O=C(c1ccc2cc(-c3cc4c(c(C56CC7CC(CC(C7)C5)C6)c3)OCO4)ccc2c1)N1CCNCC1. The average Bonchev–Trinajstić information content (AvgIpc) is 3.40. The van der Waals surface area contributed by atoms with E-state index < -0.39 is 0 Å². The number of benzene rings is 3. The zero-order valence-electron chi connectivity index (χ0n) is 21.3. The van der Waals surface area contributed by atoms with Crippen molar-refractivity contribution >= 4 is 16.7 Å². The first-order valence-corrected chi connectivity index (χ1v) is 14.1. The number of piperazine rings is 1. The molecule has 37 heavy (non-hydrogen) atoms. The summed E-state index contributed by atoms with van der Waals surface area (Å²) in [5.41, 5.74) is 4.82. The molecule has 0 atom stereocenters. The van der Waals surface area contributed by atoms with Crippen molar-refractivity contribution in [2.24, 2.45) is 17.8 Å². The van der Waals surface area contributed by atoms with E-state index in [-0.39, 0.29) is 11.3 Å². The quantitative estimate of drug-likeness (QED) is 0.504. The molecule has 190 valence electrons. The summed E-state index contributed by atoms with van der Waals surface area (Å²) in [4.78, 5) is 15.0. The number of nitrogens with one attached hydrogen (secondary N) is 1. The first-order chi connectivity index (χ1) is 18.1. The first-order valence-electron chi connectivity index (χ1n) is 14.1. The molecule has 9 rings (SSSR count). The maximum Gasteiger partial charge on any atom is 0.253 e. The lowest BCUT2D eigenvalue weighted by Gasteiger charge is -2.57. The predicted molar refractivity (Wildman–Crippen MR) is 144 cm³/mol. The zero-order chi connectivity index (χ0) is 24.6. The van der Waals surface area contributed by atoms with E-state index in [1.165, 1.54) is 55.2 Å². The van der Waals surface area contributed by atoms with Crippen LogP contribution < -0.4 is 14.8 Å². The third-order valence-corrected chi connectivity index (χ3v) is 9.91. The molecule has 0 unspecified atom stereocenters. The Morgan fingerprint density at radius 1 is 0.811 bits per heavy atom. The Kier molecular flexibility index (Phi) is 4.89. The molecule has 1 amide bonds. The number of carbonyl (C=O) groups excluding carboxylic acids is 1. The second kappa shape index (κ2) is 8.22. The van der Waals surface area contributed by atoms with Gasteiger partial charge in [0.1, 0.15) is 0 Å². The smallest absolute Gasteiger partial charge is 0.253 e. The van der Waals surface area contributed by atoms with Gasteiger partial charge in [0.2, 0.25) is 6.79 Å². The molecule has 2 aliphatic heterocycles. The Morgan fingerprint density at radius 3 is 2.27 bits per heavy atom. The number of amides is 1. The lowest BCUT2D eigenvalue weighted by Crippen LogP contribution is -2.48. The van der Waals surface area contributed by atoms with Crippen LogP contribution in [0.3, 0.4) is 0 Å². The minimum atomic E-state index is 0.128. The van der Waals surface area contributed by atoms with Crippen LogP contribution in [0.2, 0.25) is 0 Å². The second-order valence-corrected chi connectivity index (χ2v) is 12.3. The molecule has 3 aromatic carbocycles. The van der Waals surface area contributed by atoms with Gasteiger partial charge in [-0.25, -0.2) is 0 Å². The Bertz CT molecular complexity index is 1370. The molecule has 1 saturated heterocycles. The van der Waals surface area contributed by atoms with Crippen LogP contribution in [-0.4, -0.2) is 43.8 Å². The Morgan fingerprint density at radius 2 is 1.51 bits per heavy atom. The molecule has 5 fully saturated rings. The third-order valence-electron chi connectivity index (χ3n) is 9.91. The fourth-order valence-electron chi connectivity index (χ4n) is 8.62. The first kappa shape index (κ1) is 22.0. The fourth-order valence-corrected chi connectivity index (χ4v) is 8.62. The van der Waals surface area contributed by atoms with Gasteiger partial charge < -0.3 is 19.7 Å². The van der Waals surface area contributed by atoms with Gasteiger partial charge in [-0.05, 0) is 114 Å². The standard InChI is InChI=1S/C32H34N2O3/c35-31(34-7-5-33-6-8-34)26-4-3-23-12-25(2-1-24(23)13-26)27-14-28(30-29(15-27)36-19-37-30)32-16-20-9-21(17-32)11-22(10-20)18-32/h1-4,12-15,20-22,33H,5-11,16-19H2. The molecule has 4 saturated carbocycles. The van der Waals surface area contributed by atoms with Crippen LogP contribution in [-0.2, 0) is 5.41 Å². The summed E-state index contributed by atoms with van der Waals surface area (Å²) in [5, 5.41) is 5.58. The molecule has 2 heterocycles. The number of ether oxygens (including phenoxy) is 2. The van der Waals surface area contributed by atoms with E-state index in [0.717, 1.165) is 71.8 Å². The van der Waals surface area contributed by atoms with Gasteiger partial charge in [0.05, 0.1) is 0 Å². The van der Waals surface area contributed by atoms with E-state index in [2.05, 4.69) is 41.7 Å². The molecule has 4 aliphatic carbocycles. The van der Waals surface area contributed by atoms with Crippen LogP contribution in [0.5, 0.6) is 11.5 Å².